The van der Waals surface area contributed by atoms with E-state index in [0.717, 1.165) is 0 Å². The molecule has 0 saturated heterocycles. The predicted octanol–water partition coefficient (Wildman–Crippen LogP) is -0.513. The lowest BCUT2D eigenvalue weighted by Gasteiger charge is -2.31. The van der Waals surface area contributed by atoms with Crippen molar-refractivity contribution in [3.63, 3.8) is 0 Å². The Hall–Kier alpha value is -0.910. The summed E-state index contributed by atoms with van der Waals surface area (Å²) in [6, 6.07) is 0. The van der Waals surface area contributed by atoms with Crippen molar-refractivity contribution in [1.82, 2.24) is 0 Å². The van der Waals surface area contributed by atoms with Gasteiger partial charge in [-0.25, -0.2) is 4.79 Å². The van der Waals surface area contributed by atoms with Gasteiger partial charge in [0.25, 0.3) is 0 Å². The van der Waals surface area contributed by atoms with Crippen LogP contribution in [0.25, 0.3) is 0 Å². The predicted molar refractivity (Wildman–Crippen MR) is 42.9 cm³/mol. The lowest BCUT2D eigenvalue weighted by atomic mass is 9.91. The van der Waals surface area contributed by atoms with Gasteiger partial charge >= 0.3 is 5.97 Å². The second-order valence-corrected chi connectivity index (χ2v) is 3.04. The number of aliphatic hydroxyl groups is 2. The summed E-state index contributed by atoms with van der Waals surface area (Å²) >= 11 is 0. The van der Waals surface area contributed by atoms with Gasteiger partial charge in [-0.1, -0.05) is 6.08 Å². The summed E-state index contributed by atoms with van der Waals surface area (Å²) in [7, 11) is 1.31. The molecular weight excluding hydrogens is 176 g/mol. The first-order valence-corrected chi connectivity index (χ1v) is 3.87. The van der Waals surface area contributed by atoms with E-state index in [2.05, 4.69) is 0 Å². The third-order valence-corrected chi connectivity index (χ3v) is 2.14. The van der Waals surface area contributed by atoms with Crippen LogP contribution in [0.3, 0.4) is 0 Å². The van der Waals surface area contributed by atoms with E-state index in [1.807, 2.05) is 0 Å². The summed E-state index contributed by atoms with van der Waals surface area (Å²) in [4.78, 5) is 10.5. The van der Waals surface area contributed by atoms with Crippen LogP contribution in [-0.4, -0.2) is 40.3 Å². The van der Waals surface area contributed by atoms with E-state index in [0.29, 0.717) is 0 Å². The SMILES string of the molecule is COC1(O)CC=C(C(=O)O)C(O)C1. The van der Waals surface area contributed by atoms with Gasteiger partial charge in [0.15, 0.2) is 5.79 Å². The number of hydrogen-bond donors (Lipinski definition) is 3. The molecule has 0 aromatic heterocycles. The van der Waals surface area contributed by atoms with Crippen LogP contribution in [0.2, 0.25) is 0 Å². The minimum absolute atomic E-state index is 0.0817. The number of carbonyl (C=O) groups is 1. The monoisotopic (exact) mass is 188 g/mol. The van der Waals surface area contributed by atoms with Crippen molar-refractivity contribution in [2.24, 2.45) is 0 Å². The number of aliphatic hydroxyl groups excluding tert-OH is 1. The average molecular weight is 188 g/mol. The first kappa shape index (κ1) is 10.2. The summed E-state index contributed by atoms with van der Waals surface area (Å²) < 4.78 is 4.74. The van der Waals surface area contributed by atoms with Crippen LogP contribution >= 0.6 is 0 Å². The fourth-order valence-corrected chi connectivity index (χ4v) is 1.30. The Morgan fingerprint density at radius 2 is 2.38 bits per heavy atom. The molecule has 0 heterocycles. The molecule has 0 radical (unpaired) electrons. The van der Waals surface area contributed by atoms with Crippen molar-refractivity contribution in [3.05, 3.63) is 11.6 Å². The van der Waals surface area contributed by atoms with Crippen LogP contribution in [-0.2, 0) is 9.53 Å². The highest BCUT2D eigenvalue weighted by Gasteiger charge is 2.36. The Balaban J connectivity index is 2.81. The molecule has 3 N–H and O–H groups in total. The normalized spacial score (nSPS) is 34.1. The maximum absolute atomic E-state index is 10.5. The van der Waals surface area contributed by atoms with Crippen LogP contribution in [0.5, 0.6) is 0 Å². The Bertz CT molecular complexity index is 247. The smallest absolute Gasteiger partial charge is 0.333 e. The van der Waals surface area contributed by atoms with Crippen LogP contribution < -0.4 is 0 Å². The molecule has 0 bridgehead atoms. The molecule has 0 aliphatic heterocycles. The van der Waals surface area contributed by atoms with Crippen molar-refractivity contribution in [2.45, 2.75) is 24.7 Å². The van der Waals surface area contributed by atoms with Gasteiger partial charge in [-0.05, 0) is 0 Å². The highest BCUT2D eigenvalue weighted by atomic mass is 16.6. The summed E-state index contributed by atoms with van der Waals surface area (Å²) in [6.07, 6.45) is 0.0836. The summed E-state index contributed by atoms with van der Waals surface area (Å²) in [6.45, 7) is 0. The molecule has 0 amide bonds. The zero-order chi connectivity index (χ0) is 10.1. The van der Waals surface area contributed by atoms with E-state index in [-0.39, 0.29) is 18.4 Å². The Morgan fingerprint density at radius 1 is 1.77 bits per heavy atom. The zero-order valence-corrected chi connectivity index (χ0v) is 7.23. The summed E-state index contributed by atoms with van der Waals surface area (Å²) in [5.41, 5.74) is -0.0817. The van der Waals surface area contributed by atoms with Crippen LogP contribution in [0.4, 0.5) is 0 Å². The lowest BCUT2D eigenvalue weighted by molar-refractivity contribution is -0.201. The minimum Gasteiger partial charge on any atom is -0.478 e. The van der Waals surface area contributed by atoms with Gasteiger partial charge in [0, 0.05) is 20.0 Å². The van der Waals surface area contributed by atoms with Crippen LogP contribution in [0.1, 0.15) is 12.8 Å². The van der Waals surface area contributed by atoms with Crippen molar-refractivity contribution in [2.75, 3.05) is 7.11 Å². The molecule has 2 unspecified atom stereocenters. The molecular formula is C8H12O5. The van der Waals surface area contributed by atoms with E-state index >= 15 is 0 Å². The number of carboxylic acids is 1. The summed E-state index contributed by atoms with van der Waals surface area (Å²) in [5.74, 6) is -2.59. The van der Waals surface area contributed by atoms with Gasteiger partial charge in [0.05, 0.1) is 11.7 Å². The zero-order valence-electron chi connectivity index (χ0n) is 7.23. The van der Waals surface area contributed by atoms with E-state index in [1.54, 1.807) is 0 Å². The number of hydrogen-bond acceptors (Lipinski definition) is 4. The quantitative estimate of drug-likeness (QED) is 0.508. The minimum atomic E-state index is -1.43. The molecule has 0 fully saturated rings. The number of ether oxygens (including phenoxy) is 1. The molecule has 5 heteroatoms. The molecule has 0 spiro atoms. The molecule has 13 heavy (non-hydrogen) atoms. The maximum atomic E-state index is 10.5. The van der Waals surface area contributed by atoms with Crippen molar-refractivity contribution in [1.29, 1.82) is 0 Å². The molecule has 1 aliphatic carbocycles. The maximum Gasteiger partial charge on any atom is 0.333 e. The first-order chi connectivity index (χ1) is 5.98. The lowest BCUT2D eigenvalue weighted by Crippen LogP contribution is -2.40. The average Bonchev–Trinajstić information content (AvgIpc) is 2.03. The number of rotatable bonds is 2. The van der Waals surface area contributed by atoms with E-state index in [1.165, 1.54) is 13.2 Å². The molecule has 1 rings (SSSR count). The Kier molecular flexibility index (Phi) is 2.70. The molecule has 74 valence electrons. The number of carboxylic acid groups (broad SMARTS) is 1. The third-order valence-electron chi connectivity index (χ3n) is 2.14. The second kappa shape index (κ2) is 3.45. The topological polar surface area (TPSA) is 87.0 Å². The molecule has 0 aromatic rings. The van der Waals surface area contributed by atoms with Crippen LogP contribution in [0, 0.1) is 0 Å². The first-order valence-electron chi connectivity index (χ1n) is 3.87. The van der Waals surface area contributed by atoms with Gasteiger partial charge < -0.3 is 20.1 Å². The molecule has 1 aliphatic rings. The molecule has 0 saturated carbocycles. The fraction of sp³-hybridized carbons (Fsp3) is 0.625. The molecule has 5 nitrogen and oxygen atoms in total. The van der Waals surface area contributed by atoms with Crippen LogP contribution in [0.15, 0.2) is 11.6 Å². The number of aliphatic carboxylic acids is 1. The summed E-state index contributed by atoms with van der Waals surface area (Å²) in [5, 5.41) is 27.4. The van der Waals surface area contributed by atoms with Gasteiger partial charge in [0.2, 0.25) is 0 Å². The van der Waals surface area contributed by atoms with E-state index < -0.39 is 17.9 Å². The second-order valence-electron chi connectivity index (χ2n) is 3.04. The molecule has 2 atom stereocenters. The number of methoxy groups -OCH3 is 1. The largest absolute Gasteiger partial charge is 0.478 e. The van der Waals surface area contributed by atoms with Gasteiger partial charge in [-0.15, -0.1) is 0 Å². The standard InChI is InChI=1S/C8H12O5/c1-13-8(12)3-2-5(7(10)11)6(9)4-8/h2,6,9,12H,3-4H2,1H3,(H,10,11). The fourth-order valence-electron chi connectivity index (χ4n) is 1.30. The van der Waals surface area contributed by atoms with Crippen molar-refractivity contribution < 1.29 is 24.9 Å². The van der Waals surface area contributed by atoms with Crippen molar-refractivity contribution >= 4 is 5.97 Å². The van der Waals surface area contributed by atoms with Gasteiger partial charge in [-0.3, -0.25) is 0 Å². The van der Waals surface area contributed by atoms with Crippen molar-refractivity contribution in [3.8, 4) is 0 Å². The van der Waals surface area contributed by atoms with E-state index in [9.17, 15) is 15.0 Å². The van der Waals surface area contributed by atoms with Gasteiger partial charge in [-0.2, -0.15) is 0 Å². The van der Waals surface area contributed by atoms with Gasteiger partial charge in [0.1, 0.15) is 0 Å². The highest BCUT2D eigenvalue weighted by molar-refractivity contribution is 5.87. The third kappa shape index (κ3) is 2.06. The van der Waals surface area contributed by atoms with E-state index in [4.69, 9.17) is 9.84 Å². The highest BCUT2D eigenvalue weighted by Crippen LogP contribution is 2.28. The molecule has 0 aromatic carbocycles. The Labute approximate surface area is 75.3 Å². The Morgan fingerprint density at radius 3 is 2.77 bits per heavy atom.